The molecule has 0 saturated carbocycles. The van der Waals surface area contributed by atoms with E-state index in [0.29, 0.717) is 22.7 Å². The van der Waals surface area contributed by atoms with Crippen LogP contribution in [-0.2, 0) is 0 Å². The van der Waals surface area contributed by atoms with E-state index < -0.39 is 0 Å². The third-order valence-electron chi connectivity index (χ3n) is 3.29. The van der Waals surface area contributed by atoms with E-state index in [4.69, 9.17) is 0 Å². The molecule has 0 saturated heterocycles. The van der Waals surface area contributed by atoms with Crippen molar-refractivity contribution in [2.45, 2.75) is 26.8 Å². The van der Waals surface area contributed by atoms with Crippen molar-refractivity contribution in [1.82, 2.24) is 24.5 Å². The number of fused-ring (bicyclic) bond motifs is 1. The molecule has 0 aliphatic carbocycles. The van der Waals surface area contributed by atoms with Gasteiger partial charge in [-0.2, -0.15) is 4.52 Å². The maximum atomic E-state index is 12.5. The molecule has 3 aromatic heterocycles. The van der Waals surface area contributed by atoms with Gasteiger partial charge in [0.25, 0.3) is 11.5 Å². The minimum atomic E-state index is -0.272. The lowest BCUT2D eigenvalue weighted by Gasteiger charge is -2.12. The highest BCUT2D eigenvalue weighted by Crippen LogP contribution is 2.14. The lowest BCUT2D eigenvalue weighted by molar-refractivity contribution is 0.0934. The highest BCUT2D eigenvalue weighted by molar-refractivity contribution is 5.94. The molecule has 0 aromatic carbocycles. The zero-order valence-corrected chi connectivity index (χ0v) is 13.1. The number of pyridine rings is 1. The quantitative estimate of drug-likeness (QED) is 0.791. The minimum absolute atomic E-state index is 0.0192. The average Bonchev–Trinajstić information content (AvgIpc) is 2.87. The normalized spacial score (nSPS) is 11.1. The first-order valence-electron chi connectivity index (χ1n) is 7.31. The van der Waals surface area contributed by atoms with Crippen molar-refractivity contribution < 1.29 is 4.79 Å². The zero-order valence-electron chi connectivity index (χ0n) is 13.1. The van der Waals surface area contributed by atoms with E-state index in [1.165, 1.54) is 15.3 Å². The van der Waals surface area contributed by atoms with Crippen LogP contribution >= 0.6 is 0 Å². The predicted octanol–water partition coefficient (Wildman–Crippen LogP) is 1.33. The maximum absolute atomic E-state index is 12.5. The van der Waals surface area contributed by atoms with E-state index in [0.717, 1.165) is 0 Å². The molecule has 3 heterocycles. The number of carbonyl (C=O) groups is 1. The molecular weight excluding hydrogens is 294 g/mol. The molecule has 3 aromatic rings. The highest BCUT2D eigenvalue weighted by atomic mass is 16.2. The second-order valence-electron chi connectivity index (χ2n) is 5.59. The fraction of sp³-hybridized carbons (Fsp3) is 0.250. The van der Waals surface area contributed by atoms with Gasteiger partial charge >= 0.3 is 0 Å². The summed E-state index contributed by atoms with van der Waals surface area (Å²) in [5, 5.41) is 2.84. The molecule has 23 heavy (non-hydrogen) atoms. The van der Waals surface area contributed by atoms with E-state index in [-0.39, 0.29) is 17.5 Å². The largest absolute Gasteiger partial charge is 0.349 e. The van der Waals surface area contributed by atoms with Crippen LogP contribution in [0.4, 0.5) is 0 Å². The average molecular weight is 311 g/mol. The van der Waals surface area contributed by atoms with Crippen molar-refractivity contribution in [3.05, 3.63) is 58.4 Å². The Labute approximate surface area is 132 Å². The summed E-state index contributed by atoms with van der Waals surface area (Å²) in [5.41, 5.74) is 1.73. The predicted molar refractivity (Wildman–Crippen MR) is 85.9 cm³/mol. The summed E-state index contributed by atoms with van der Waals surface area (Å²) >= 11 is 0. The Morgan fingerprint density at radius 3 is 2.74 bits per heavy atom. The van der Waals surface area contributed by atoms with Gasteiger partial charge in [-0.25, -0.2) is 9.67 Å². The van der Waals surface area contributed by atoms with Gasteiger partial charge in [-0.05, 0) is 32.9 Å². The Morgan fingerprint density at radius 1 is 1.30 bits per heavy atom. The molecule has 7 nitrogen and oxygen atoms in total. The Hall–Kier alpha value is -2.96. The zero-order chi connectivity index (χ0) is 16.6. The summed E-state index contributed by atoms with van der Waals surface area (Å²) < 4.78 is 2.91. The first-order valence-corrected chi connectivity index (χ1v) is 7.31. The molecule has 1 N–H and O–H groups in total. The summed E-state index contributed by atoms with van der Waals surface area (Å²) in [7, 11) is 0. The molecule has 0 aliphatic rings. The maximum Gasteiger partial charge on any atom is 0.273 e. The first-order chi connectivity index (χ1) is 11.0. The van der Waals surface area contributed by atoms with Crippen LogP contribution in [0.5, 0.6) is 0 Å². The molecule has 0 bridgehead atoms. The second kappa shape index (κ2) is 5.68. The number of nitrogens with zero attached hydrogens (tertiary/aromatic N) is 4. The molecule has 0 spiro atoms. The third-order valence-corrected chi connectivity index (χ3v) is 3.29. The molecule has 118 valence electrons. The number of carbonyl (C=O) groups excluding carboxylic acids is 1. The fourth-order valence-electron chi connectivity index (χ4n) is 2.43. The first kappa shape index (κ1) is 15.0. The number of hydrogen-bond donors (Lipinski definition) is 1. The fourth-order valence-corrected chi connectivity index (χ4v) is 2.43. The smallest absolute Gasteiger partial charge is 0.273 e. The molecule has 1 amide bonds. The second-order valence-corrected chi connectivity index (χ2v) is 5.59. The number of amides is 1. The number of aromatic nitrogens is 4. The van der Waals surface area contributed by atoms with Crippen LogP contribution in [0, 0.1) is 6.92 Å². The lowest BCUT2D eigenvalue weighted by atomic mass is 10.3. The summed E-state index contributed by atoms with van der Waals surface area (Å²) in [5.74, 6) is -0.272. The molecule has 0 unspecified atom stereocenters. The topological polar surface area (TPSA) is 81.3 Å². The van der Waals surface area contributed by atoms with Crippen molar-refractivity contribution in [3.8, 4) is 5.69 Å². The Morgan fingerprint density at radius 2 is 2.09 bits per heavy atom. The Kier molecular flexibility index (Phi) is 3.69. The van der Waals surface area contributed by atoms with Gasteiger partial charge in [0.05, 0.1) is 11.9 Å². The number of nitrogens with one attached hydrogen (secondary N) is 1. The van der Waals surface area contributed by atoms with Crippen LogP contribution in [0.15, 0.2) is 41.5 Å². The van der Waals surface area contributed by atoms with Gasteiger partial charge in [0.2, 0.25) is 0 Å². The number of rotatable bonds is 3. The van der Waals surface area contributed by atoms with E-state index in [1.807, 2.05) is 13.8 Å². The van der Waals surface area contributed by atoms with E-state index in [2.05, 4.69) is 15.3 Å². The van der Waals surface area contributed by atoms with Crippen LogP contribution in [0.2, 0.25) is 0 Å². The van der Waals surface area contributed by atoms with Crippen LogP contribution in [0.3, 0.4) is 0 Å². The van der Waals surface area contributed by atoms with Gasteiger partial charge in [0.1, 0.15) is 5.69 Å². The van der Waals surface area contributed by atoms with Crippen LogP contribution in [0.25, 0.3) is 11.3 Å². The minimum Gasteiger partial charge on any atom is -0.349 e. The van der Waals surface area contributed by atoms with Gasteiger partial charge in [-0.15, -0.1) is 0 Å². The van der Waals surface area contributed by atoms with Gasteiger partial charge in [0, 0.05) is 30.1 Å². The van der Waals surface area contributed by atoms with Gasteiger partial charge < -0.3 is 5.32 Å². The van der Waals surface area contributed by atoms with Gasteiger partial charge in [-0.3, -0.25) is 14.6 Å². The molecule has 0 radical (unpaired) electrons. The number of aryl methyl sites for hydroxylation is 1. The SMILES string of the molecule is Cc1cc(=O)n2c(cc(C(=O)NC(C)C)n2-c2cccnc2)n1. The highest BCUT2D eigenvalue weighted by Gasteiger charge is 2.19. The van der Waals surface area contributed by atoms with E-state index in [1.54, 1.807) is 37.5 Å². The third kappa shape index (κ3) is 2.73. The molecule has 0 aliphatic heterocycles. The van der Waals surface area contributed by atoms with Crippen LogP contribution < -0.4 is 10.9 Å². The molecule has 7 heteroatoms. The summed E-state index contributed by atoms with van der Waals surface area (Å²) in [4.78, 5) is 33.3. The van der Waals surface area contributed by atoms with Crippen molar-refractivity contribution >= 4 is 11.6 Å². The molecule has 0 fully saturated rings. The lowest BCUT2D eigenvalue weighted by Crippen LogP contribution is -2.32. The van der Waals surface area contributed by atoms with E-state index >= 15 is 0 Å². The Bertz CT molecular complexity index is 925. The van der Waals surface area contributed by atoms with Gasteiger partial charge in [-0.1, -0.05) is 0 Å². The van der Waals surface area contributed by atoms with Crippen molar-refractivity contribution in [1.29, 1.82) is 0 Å². The van der Waals surface area contributed by atoms with Crippen LogP contribution in [0.1, 0.15) is 30.0 Å². The van der Waals surface area contributed by atoms with Gasteiger partial charge in [0.15, 0.2) is 5.65 Å². The molecular formula is C16H17N5O2. The summed E-state index contributed by atoms with van der Waals surface area (Å²) in [6.07, 6.45) is 3.23. The van der Waals surface area contributed by atoms with Crippen molar-refractivity contribution in [3.63, 3.8) is 0 Å². The number of hydrogen-bond acceptors (Lipinski definition) is 4. The van der Waals surface area contributed by atoms with Crippen LogP contribution in [-0.4, -0.2) is 31.1 Å². The molecule has 0 atom stereocenters. The monoisotopic (exact) mass is 311 g/mol. The molecule has 3 rings (SSSR count). The van der Waals surface area contributed by atoms with E-state index in [9.17, 15) is 9.59 Å². The Balaban J connectivity index is 2.33. The summed E-state index contributed by atoms with van der Waals surface area (Å²) in [6.45, 7) is 5.50. The summed E-state index contributed by atoms with van der Waals surface area (Å²) in [6, 6.07) is 6.56. The van der Waals surface area contributed by atoms with Crippen molar-refractivity contribution in [2.75, 3.05) is 0 Å². The standard InChI is InChI=1S/C16H17N5O2/c1-10(2)18-16(23)13-8-14-19-11(3)7-15(22)21(14)20(13)12-5-4-6-17-9-12/h4-10H,1-3H3,(H,18,23). The van der Waals surface area contributed by atoms with Crippen molar-refractivity contribution in [2.24, 2.45) is 0 Å².